The van der Waals surface area contributed by atoms with Crippen LogP contribution < -0.4 is 10.6 Å². The van der Waals surface area contributed by atoms with Crippen molar-refractivity contribution in [2.75, 3.05) is 10.6 Å². The van der Waals surface area contributed by atoms with Gasteiger partial charge in [-0.2, -0.15) is 0 Å². The van der Waals surface area contributed by atoms with Gasteiger partial charge in [-0.1, -0.05) is 25.1 Å². The summed E-state index contributed by atoms with van der Waals surface area (Å²) in [5, 5.41) is 5.98. The molecule has 0 saturated carbocycles. The largest absolute Gasteiger partial charge is 0.324 e. The van der Waals surface area contributed by atoms with Gasteiger partial charge in [0, 0.05) is 29.3 Å². The van der Waals surface area contributed by atoms with E-state index in [2.05, 4.69) is 27.5 Å². The van der Waals surface area contributed by atoms with E-state index < -0.39 is 0 Å². The van der Waals surface area contributed by atoms with Gasteiger partial charge in [0.1, 0.15) is 0 Å². The number of anilines is 3. The molecule has 2 N–H and O–H groups in total. The molecule has 0 aliphatic heterocycles. The average molecular weight is 318 g/mol. The summed E-state index contributed by atoms with van der Waals surface area (Å²) < 4.78 is 0. The monoisotopic (exact) mass is 318 g/mol. The summed E-state index contributed by atoms with van der Waals surface area (Å²) in [7, 11) is 0. The number of carbonyl (C=O) groups is 1. The van der Waals surface area contributed by atoms with E-state index in [0.717, 1.165) is 17.8 Å². The SMILES string of the molecule is CCc1ccc(NC(=O)c2cccc(Nc3ncccn3)c2)cc1. The molecule has 0 unspecified atom stereocenters. The van der Waals surface area contributed by atoms with E-state index in [-0.39, 0.29) is 5.91 Å². The summed E-state index contributed by atoms with van der Waals surface area (Å²) in [5.74, 6) is 0.335. The first-order chi connectivity index (χ1) is 11.7. The number of aromatic nitrogens is 2. The molecular formula is C19H18N4O. The number of nitrogens with one attached hydrogen (secondary N) is 2. The van der Waals surface area contributed by atoms with Crippen LogP contribution >= 0.6 is 0 Å². The van der Waals surface area contributed by atoms with Crippen molar-refractivity contribution in [1.29, 1.82) is 0 Å². The molecule has 0 bridgehead atoms. The van der Waals surface area contributed by atoms with Gasteiger partial charge in [-0.3, -0.25) is 4.79 Å². The molecule has 0 spiro atoms. The fourth-order valence-electron chi connectivity index (χ4n) is 2.26. The van der Waals surface area contributed by atoms with Crippen LogP contribution in [0.1, 0.15) is 22.8 Å². The zero-order valence-corrected chi connectivity index (χ0v) is 13.4. The Labute approximate surface area is 140 Å². The van der Waals surface area contributed by atoms with Gasteiger partial charge in [-0.05, 0) is 48.4 Å². The Morgan fingerprint density at radius 3 is 2.42 bits per heavy atom. The number of aryl methyl sites for hydroxylation is 1. The van der Waals surface area contributed by atoms with Gasteiger partial charge in [0.25, 0.3) is 5.91 Å². The molecule has 0 aliphatic rings. The Hall–Kier alpha value is -3.21. The molecular weight excluding hydrogens is 300 g/mol. The summed E-state index contributed by atoms with van der Waals surface area (Å²) in [4.78, 5) is 20.6. The third-order valence-corrected chi connectivity index (χ3v) is 3.57. The maximum atomic E-state index is 12.4. The highest BCUT2D eigenvalue weighted by atomic mass is 16.1. The second kappa shape index (κ2) is 7.37. The highest BCUT2D eigenvalue weighted by Crippen LogP contribution is 2.16. The standard InChI is InChI=1S/C19H18N4O/c1-2-14-7-9-16(10-8-14)22-18(24)15-5-3-6-17(13-15)23-19-20-11-4-12-21-19/h3-13H,2H2,1H3,(H,22,24)(H,20,21,23). The first-order valence-electron chi connectivity index (χ1n) is 7.79. The third-order valence-electron chi connectivity index (χ3n) is 3.57. The zero-order valence-electron chi connectivity index (χ0n) is 13.4. The minimum atomic E-state index is -0.156. The van der Waals surface area contributed by atoms with Gasteiger partial charge in [-0.15, -0.1) is 0 Å². The first kappa shape index (κ1) is 15.7. The van der Waals surface area contributed by atoms with Gasteiger partial charge >= 0.3 is 0 Å². The molecule has 24 heavy (non-hydrogen) atoms. The van der Waals surface area contributed by atoms with E-state index in [0.29, 0.717) is 11.5 Å². The first-order valence-corrected chi connectivity index (χ1v) is 7.79. The molecule has 2 aromatic carbocycles. The number of hydrogen-bond acceptors (Lipinski definition) is 4. The summed E-state index contributed by atoms with van der Waals surface area (Å²) in [5.41, 5.74) is 3.34. The minimum absolute atomic E-state index is 0.156. The van der Waals surface area contributed by atoms with Crippen molar-refractivity contribution < 1.29 is 4.79 Å². The average Bonchev–Trinajstić information content (AvgIpc) is 2.63. The summed E-state index contributed by atoms with van der Waals surface area (Å²) in [6, 6.07) is 16.8. The van der Waals surface area contributed by atoms with Crippen LogP contribution in [0.3, 0.4) is 0 Å². The molecule has 0 atom stereocenters. The lowest BCUT2D eigenvalue weighted by molar-refractivity contribution is 0.102. The summed E-state index contributed by atoms with van der Waals surface area (Å²) >= 11 is 0. The molecule has 3 aromatic rings. The predicted octanol–water partition coefficient (Wildman–Crippen LogP) is 4.03. The second-order valence-corrected chi connectivity index (χ2v) is 5.28. The lowest BCUT2D eigenvalue weighted by Gasteiger charge is -2.08. The number of amides is 1. The van der Waals surface area contributed by atoms with E-state index in [1.165, 1.54) is 5.56 Å². The predicted molar refractivity (Wildman–Crippen MR) is 95.5 cm³/mol. The maximum absolute atomic E-state index is 12.4. The highest BCUT2D eigenvalue weighted by Gasteiger charge is 2.07. The molecule has 0 radical (unpaired) electrons. The summed E-state index contributed by atoms with van der Waals surface area (Å²) in [6.07, 6.45) is 4.29. The smallest absolute Gasteiger partial charge is 0.255 e. The molecule has 5 heteroatoms. The van der Waals surface area contributed by atoms with Gasteiger partial charge in [0.15, 0.2) is 0 Å². The van der Waals surface area contributed by atoms with E-state index in [9.17, 15) is 4.79 Å². The van der Waals surface area contributed by atoms with Crippen molar-refractivity contribution in [3.05, 3.63) is 78.1 Å². The van der Waals surface area contributed by atoms with Crippen molar-refractivity contribution in [2.45, 2.75) is 13.3 Å². The number of benzene rings is 2. The molecule has 0 fully saturated rings. The molecule has 120 valence electrons. The van der Waals surface area contributed by atoms with Crippen molar-refractivity contribution in [3.8, 4) is 0 Å². The van der Waals surface area contributed by atoms with Gasteiger partial charge in [0.2, 0.25) is 5.95 Å². The number of nitrogens with zero attached hydrogens (tertiary/aromatic N) is 2. The second-order valence-electron chi connectivity index (χ2n) is 5.28. The molecule has 1 heterocycles. The van der Waals surface area contributed by atoms with Crippen molar-refractivity contribution in [2.24, 2.45) is 0 Å². The van der Waals surface area contributed by atoms with Crippen LogP contribution in [0.4, 0.5) is 17.3 Å². The summed E-state index contributed by atoms with van der Waals surface area (Å²) in [6.45, 7) is 2.10. The Bertz CT molecular complexity index is 816. The zero-order chi connectivity index (χ0) is 16.8. The van der Waals surface area contributed by atoms with Crippen molar-refractivity contribution in [3.63, 3.8) is 0 Å². The quantitative estimate of drug-likeness (QED) is 0.745. The van der Waals surface area contributed by atoms with Crippen LogP contribution in [-0.2, 0) is 6.42 Å². The van der Waals surface area contributed by atoms with E-state index >= 15 is 0 Å². The van der Waals surface area contributed by atoms with Gasteiger partial charge < -0.3 is 10.6 Å². The lowest BCUT2D eigenvalue weighted by atomic mass is 10.1. The number of hydrogen-bond donors (Lipinski definition) is 2. The lowest BCUT2D eigenvalue weighted by Crippen LogP contribution is -2.12. The normalized spacial score (nSPS) is 10.2. The third kappa shape index (κ3) is 3.95. The maximum Gasteiger partial charge on any atom is 0.255 e. The van der Waals surface area contributed by atoms with Crippen LogP contribution in [0.15, 0.2) is 67.0 Å². The molecule has 1 aromatic heterocycles. The number of carbonyl (C=O) groups excluding carboxylic acids is 1. The van der Waals surface area contributed by atoms with Crippen LogP contribution in [0.2, 0.25) is 0 Å². The van der Waals surface area contributed by atoms with Crippen molar-refractivity contribution in [1.82, 2.24) is 9.97 Å². The highest BCUT2D eigenvalue weighted by molar-refractivity contribution is 6.04. The Kier molecular flexibility index (Phi) is 4.81. The van der Waals surface area contributed by atoms with Crippen LogP contribution in [-0.4, -0.2) is 15.9 Å². The Balaban J connectivity index is 1.71. The van der Waals surface area contributed by atoms with Gasteiger partial charge in [0.05, 0.1) is 0 Å². The Morgan fingerprint density at radius 2 is 1.71 bits per heavy atom. The minimum Gasteiger partial charge on any atom is -0.324 e. The van der Waals surface area contributed by atoms with Crippen LogP contribution in [0, 0.1) is 0 Å². The van der Waals surface area contributed by atoms with Crippen LogP contribution in [0.5, 0.6) is 0 Å². The van der Waals surface area contributed by atoms with Crippen LogP contribution in [0.25, 0.3) is 0 Å². The molecule has 5 nitrogen and oxygen atoms in total. The number of rotatable bonds is 5. The molecule has 0 aliphatic carbocycles. The molecule has 1 amide bonds. The fraction of sp³-hybridized carbons (Fsp3) is 0.105. The topological polar surface area (TPSA) is 66.9 Å². The van der Waals surface area contributed by atoms with E-state index in [1.807, 2.05) is 36.4 Å². The molecule has 0 saturated heterocycles. The fourth-order valence-corrected chi connectivity index (χ4v) is 2.26. The van der Waals surface area contributed by atoms with E-state index in [1.54, 1.807) is 30.6 Å². The van der Waals surface area contributed by atoms with Gasteiger partial charge in [-0.25, -0.2) is 9.97 Å². The molecule has 3 rings (SSSR count). The Morgan fingerprint density at radius 1 is 0.958 bits per heavy atom. The van der Waals surface area contributed by atoms with E-state index in [4.69, 9.17) is 0 Å². The van der Waals surface area contributed by atoms with Crippen molar-refractivity contribution >= 4 is 23.2 Å².